The maximum absolute atomic E-state index is 12.7. The first kappa shape index (κ1) is 21.5. The Labute approximate surface area is 196 Å². The number of fused-ring (bicyclic) bond motifs is 2. The minimum Gasteiger partial charge on any atom is -0.486 e. The molecule has 9 heteroatoms. The molecule has 0 unspecified atom stereocenters. The number of rotatable bonds is 4. The molecule has 2 aromatic carbocycles. The highest BCUT2D eigenvalue weighted by atomic mass is 35.5. The van der Waals surface area contributed by atoms with Gasteiger partial charge in [0.15, 0.2) is 23.0 Å². The van der Waals surface area contributed by atoms with E-state index in [-0.39, 0.29) is 24.5 Å². The van der Waals surface area contributed by atoms with Crippen molar-refractivity contribution in [3.05, 3.63) is 47.0 Å². The third-order valence-corrected chi connectivity index (χ3v) is 6.14. The Hall–Kier alpha value is -3.39. The Morgan fingerprint density at radius 1 is 0.970 bits per heavy atom. The number of hydrogen-bond acceptors (Lipinski definition) is 6. The summed E-state index contributed by atoms with van der Waals surface area (Å²) in [7, 11) is 0. The standard InChI is InChI=1S/C24H23ClN2O6/c25-18-11-15(12-21-23(18)31-10-9-30-21)1-4-22(28)27-7-5-16(6-8-27)24(29)26-17-2-3-19-20(13-17)33-14-32-19/h1-4,11-13,16H,5-10,14H2,(H,26,29)/b4-1+. The summed E-state index contributed by atoms with van der Waals surface area (Å²) in [6, 6.07) is 8.87. The number of nitrogens with one attached hydrogen (secondary N) is 1. The molecular formula is C24H23ClN2O6. The van der Waals surface area contributed by atoms with Gasteiger partial charge in [0.05, 0.1) is 5.02 Å². The van der Waals surface area contributed by atoms with E-state index in [1.165, 1.54) is 6.08 Å². The number of hydrogen-bond donors (Lipinski definition) is 1. The van der Waals surface area contributed by atoms with E-state index < -0.39 is 0 Å². The molecule has 2 aromatic rings. The van der Waals surface area contributed by atoms with Gasteiger partial charge in [0.1, 0.15) is 13.2 Å². The molecule has 0 spiro atoms. The zero-order chi connectivity index (χ0) is 22.8. The monoisotopic (exact) mass is 470 g/mol. The van der Waals surface area contributed by atoms with E-state index in [1.807, 2.05) is 0 Å². The molecule has 0 aliphatic carbocycles. The van der Waals surface area contributed by atoms with Gasteiger partial charge in [-0.25, -0.2) is 0 Å². The quantitative estimate of drug-likeness (QED) is 0.685. The lowest BCUT2D eigenvalue weighted by Gasteiger charge is -2.30. The highest BCUT2D eigenvalue weighted by Gasteiger charge is 2.27. The third-order valence-electron chi connectivity index (χ3n) is 5.86. The molecule has 0 aromatic heterocycles. The summed E-state index contributed by atoms with van der Waals surface area (Å²) in [6.07, 6.45) is 4.44. The maximum atomic E-state index is 12.7. The van der Waals surface area contributed by atoms with Crippen molar-refractivity contribution in [3.63, 3.8) is 0 Å². The Morgan fingerprint density at radius 3 is 2.61 bits per heavy atom. The molecule has 0 saturated carbocycles. The van der Waals surface area contributed by atoms with Gasteiger partial charge >= 0.3 is 0 Å². The average Bonchev–Trinajstić information content (AvgIpc) is 3.30. The number of nitrogens with zero attached hydrogens (tertiary/aromatic N) is 1. The SMILES string of the molecule is O=C(Nc1ccc2c(c1)OCO2)C1CCN(C(=O)/C=C/c2cc(Cl)c3c(c2)OCCO3)CC1. The second-order valence-corrected chi connectivity index (χ2v) is 8.42. The minimum atomic E-state index is -0.153. The van der Waals surface area contributed by atoms with Crippen molar-refractivity contribution >= 4 is 35.2 Å². The lowest BCUT2D eigenvalue weighted by atomic mass is 9.95. The molecule has 1 saturated heterocycles. The molecule has 0 radical (unpaired) electrons. The molecular weight excluding hydrogens is 448 g/mol. The molecule has 8 nitrogen and oxygen atoms in total. The zero-order valence-electron chi connectivity index (χ0n) is 17.8. The van der Waals surface area contributed by atoms with Crippen molar-refractivity contribution in [1.82, 2.24) is 4.90 Å². The number of carbonyl (C=O) groups is 2. The lowest BCUT2D eigenvalue weighted by Crippen LogP contribution is -2.40. The molecule has 1 fully saturated rings. The minimum absolute atomic E-state index is 0.0533. The van der Waals surface area contributed by atoms with Crippen LogP contribution in [0.2, 0.25) is 5.02 Å². The van der Waals surface area contributed by atoms with Gasteiger partial charge in [-0.2, -0.15) is 0 Å². The number of amides is 2. The molecule has 0 atom stereocenters. The van der Waals surface area contributed by atoms with Crippen LogP contribution in [0.4, 0.5) is 5.69 Å². The molecule has 5 rings (SSSR count). The second-order valence-electron chi connectivity index (χ2n) is 8.02. The smallest absolute Gasteiger partial charge is 0.246 e. The van der Waals surface area contributed by atoms with Gasteiger partial charge in [-0.15, -0.1) is 0 Å². The van der Waals surface area contributed by atoms with Crippen LogP contribution in [-0.2, 0) is 9.59 Å². The normalized spacial score (nSPS) is 17.3. The predicted molar refractivity (Wildman–Crippen MR) is 122 cm³/mol. The van der Waals surface area contributed by atoms with Gasteiger partial charge in [0, 0.05) is 36.8 Å². The van der Waals surface area contributed by atoms with Gasteiger partial charge < -0.3 is 29.2 Å². The third kappa shape index (κ3) is 4.71. The first-order valence-electron chi connectivity index (χ1n) is 10.8. The van der Waals surface area contributed by atoms with E-state index in [1.54, 1.807) is 41.3 Å². The van der Waals surface area contributed by atoms with Crippen LogP contribution < -0.4 is 24.3 Å². The zero-order valence-corrected chi connectivity index (χ0v) is 18.6. The highest BCUT2D eigenvalue weighted by Crippen LogP contribution is 2.38. The van der Waals surface area contributed by atoms with Crippen LogP contribution in [0.1, 0.15) is 18.4 Å². The molecule has 0 bridgehead atoms. The van der Waals surface area contributed by atoms with Crippen molar-refractivity contribution in [2.45, 2.75) is 12.8 Å². The average molecular weight is 471 g/mol. The maximum Gasteiger partial charge on any atom is 0.246 e. The Bertz CT molecular complexity index is 1110. The van der Waals surface area contributed by atoms with Crippen molar-refractivity contribution in [2.24, 2.45) is 5.92 Å². The molecule has 3 aliphatic rings. The fourth-order valence-corrected chi connectivity index (χ4v) is 4.35. The number of carbonyl (C=O) groups excluding carboxylic acids is 2. The molecule has 2 amide bonds. The van der Waals surface area contributed by atoms with E-state index >= 15 is 0 Å². The van der Waals surface area contributed by atoms with Crippen LogP contribution in [0.5, 0.6) is 23.0 Å². The topological polar surface area (TPSA) is 86.3 Å². The summed E-state index contributed by atoms with van der Waals surface area (Å²) in [6.45, 7) is 2.15. The van der Waals surface area contributed by atoms with Crippen LogP contribution in [0.3, 0.4) is 0 Å². The number of piperidine rings is 1. The Kier molecular flexibility index (Phi) is 6.00. The van der Waals surface area contributed by atoms with Gasteiger partial charge in [-0.1, -0.05) is 11.6 Å². The van der Waals surface area contributed by atoms with E-state index in [9.17, 15) is 9.59 Å². The van der Waals surface area contributed by atoms with Gasteiger partial charge in [-0.3, -0.25) is 9.59 Å². The van der Waals surface area contributed by atoms with Crippen molar-refractivity contribution in [1.29, 1.82) is 0 Å². The number of ether oxygens (including phenoxy) is 4. The fraction of sp³-hybridized carbons (Fsp3) is 0.333. The van der Waals surface area contributed by atoms with Crippen molar-refractivity contribution in [3.8, 4) is 23.0 Å². The first-order chi connectivity index (χ1) is 16.1. The van der Waals surface area contributed by atoms with Crippen LogP contribution >= 0.6 is 11.6 Å². The highest BCUT2D eigenvalue weighted by molar-refractivity contribution is 6.32. The molecule has 172 valence electrons. The Morgan fingerprint density at radius 2 is 1.76 bits per heavy atom. The van der Waals surface area contributed by atoms with E-state index in [0.29, 0.717) is 72.9 Å². The van der Waals surface area contributed by atoms with Crippen molar-refractivity contribution in [2.75, 3.05) is 38.4 Å². The molecule has 3 aliphatic heterocycles. The Balaban J connectivity index is 1.14. The second kappa shape index (κ2) is 9.23. The first-order valence-corrected chi connectivity index (χ1v) is 11.2. The molecule has 33 heavy (non-hydrogen) atoms. The van der Waals surface area contributed by atoms with E-state index in [0.717, 1.165) is 5.56 Å². The van der Waals surface area contributed by atoms with Gasteiger partial charge in [-0.05, 0) is 48.7 Å². The fourth-order valence-electron chi connectivity index (χ4n) is 4.08. The number of anilines is 1. The summed E-state index contributed by atoms with van der Waals surface area (Å²) < 4.78 is 21.7. The van der Waals surface area contributed by atoms with Crippen LogP contribution in [-0.4, -0.2) is 49.8 Å². The lowest BCUT2D eigenvalue weighted by molar-refractivity contribution is -0.130. The number of halogens is 1. The summed E-state index contributed by atoms with van der Waals surface area (Å²) in [5.74, 6) is 2.10. The van der Waals surface area contributed by atoms with Crippen LogP contribution in [0, 0.1) is 5.92 Å². The molecule has 1 N–H and O–H groups in total. The van der Waals surface area contributed by atoms with Crippen LogP contribution in [0.25, 0.3) is 6.08 Å². The predicted octanol–water partition coefficient (Wildman–Crippen LogP) is 3.73. The largest absolute Gasteiger partial charge is 0.486 e. The van der Waals surface area contributed by atoms with Gasteiger partial charge in [0.25, 0.3) is 0 Å². The summed E-state index contributed by atoms with van der Waals surface area (Å²) >= 11 is 6.26. The molecule has 3 heterocycles. The van der Waals surface area contributed by atoms with Crippen molar-refractivity contribution < 1.29 is 28.5 Å². The summed E-state index contributed by atoms with van der Waals surface area (Å²) in [5.41, 5.74) is 1.43. The van der Waals surface area contributed by atoms with E-state index in [4.69, 9.17) is 30.5 Å². The number of benzene rings is 2. The number of likely N-dealkylation sites (tertiary alicyclic amines) is 1. The summed E-state index contributed by atoms with van der Waals surface area (Å²) in [4.78, 5) is 27.1. The van der Waals surface area contributed by atoms with Gasteiger partial charge in [0.2, 0.25) is 18.6 Å². The van der Waals surface area contributed by atoms with Crippen LogP contribution in [0.15, 0.2) is 36.4 Å². The van der Waals surface area contributed by atoms with E-state index in [2.05, 4.69) is 5.32 Å². The summed E-state index contributed by atoms with van der Waals surface area (Å²) in [5, 5.41) is 3.39.